The first-order valence-electron chi connectivity index (χ1n) is 6.48. The highest BCUT2D eigenvalue weighted by atomic mass is 16.5. The second-order valence-electron chi connectivity index (χ2n) is 4.65. The minimum absolute atomic E-state index is 0.0991. The lowest BCUT2D eigenvalue weighted by molar-refractivity contribution is 0.355. The van der Waals surface area contributed by atoms with Crippen molar-refractivity contribution in [2.45, 2.75) is 0 Å². The van der Waals surface area contributed by atoms with Gasteiger partial charge < -0.3 is 23.7 Å². The summed E-state index contributed by atoms with van der Waals surface area (Å²) in [4.78, 5) is 12.6. The highest BCUT2D eigenvalue weighted by Gasteiger charge is 2.15. The molecule has 0 unspecified atom stereocenters. The lowest BCUT2D eigenvalue weighted by Gasteiger charge is -2.10. The molecule has 1 aromatic heterocycles. The summed E-state index contributed by atoms with van der Waals surface area (Å²) in [5.74, 6) is 1.00. The van der Waals surface area contributed by atoms with Gasteiger partial charge in [0.25, 0.3) is 0 Å². The summed E-state index contributed by atoms with van der Waals surface area (Å²) in [6.07, 6.45) is 0. The van der Waals surface area contributed by atoms with Crippen LogP contribution in [0.25, 0.3) is 21.9 Å². The van der Waals surface area contributed by atoms with Gasteiger partial charge in [-0.25, -0.2) is 0 Å². The summed E-state index contributed by atoms with van der Waals surface area (Å²) in [6.45, 7) is 0. The fourth-order valence-electron chi connectivity index (χ4n) is 2.36. The van der Waals surface area contributed by atoms with Crippen molar-refractivity contribution in [2.75, 3.05) is 21.3 Å². The Bertz CT molecular complexity index is 925. The Morgan fingerprint density at radius 2 is 1.32 bits per heavy atom. The second kappa shape index (κ2) is 5.14. The number of aromatic hydroxyl groups is 1. The van der Waals surface area contributed by atoms with Crippen LogP contribution in [-0.4, -0.2) is 26.4 Å². The van der Waals surface area contributed by atoms with E-state index in [4.69, 9.17) is 18.6 Å². The van der Waals surface area contributed by atoms with Crippen molar-refractivity contribution >= 4 is 21.9 Å². The molecule has 0 amide bonds. The third kappa shape index (κ3) is 2.00. The summed E-state index contributed by atoms with van der Waals surface area (Å²) in [6, 6.07) is 5.95. The van der Waals surface area contributed by atoms with Crippen LogP contribution in [0.4, 0.5) is 0 Å². The van der Waals surface area contributed by atoms with Crippen molar-refractivity contribution in [1.82, 2.24) is 0 Å². The van der Waals surface area contributed by atoms with E-state index in [1.807, 2.05) is 0 Å². The maximum absolute atomic E-state index is 12.6. The van der Waals surface area contributed by atoms with Gasteiger partial charge in [-0.3, -0.25) is 4.79 Å². The molecule has 114 valence electrons. The number of phenolic OH excluding ortho intramolecular Hbond substituents is 1. The number of benzene rings is 2. The van der Waals surface area contributed by atoms with E-state index in [9.17, 15) is 9.90 Å². The third-order valence-electron chi connectivity index (χ3n) is 3.48. The molecule has 6 nitrogen and oxygen atoms in total. The molecule has 0 radical (unpaired) electrons. The number of rotatable bonds is 3. The minimum atomic E-state index is -0.240. The van der Waals surface area contributed by atoms with Crippen molar-refractivity contribution in [3.8, 4) is 23.0 Å². The number of phenols is 1. The topological polar surface area (TPSA) is 78.1 Å². The third-order valence-corrected chi connectivity index (χ3v) is 3.48. The van der Waals surface area contributed by atoms with Crippen LogP contribution < -0.4 is 19.6 Å². The zero-order valence-corrected chi connectivity index (χ0v) is 12.3. The van der Waals surface area contributed by atoms with Gasteiger partial charge in [-0.2, -0.15) is 0 Å². The summed E-state index contributed by atoms with van der Waals surface area (Å²) in [7, 11) is 4.41. The molecule has 22 heavy (non-hydrogen) atoms. The molecule has 0 bridgehead atoms. The highest BCUT2D eigenvalue weighted by molar-refractivity contribution is 5.92. The van der Waals surface area contributed by atoms with Crippen molar-refractivity contribution in [2.24, 2.45) is 0 Å². The van der Waals surface area contributed by atoms with E-state index in [2.05, 4.69) is 0 Å². The van der Waals surface area contributed by atoms with Crippen LogP contribution in [0.5, 0.6) is 23.0 Å². The van der Waals surface area contributed by atoms with Gasteiger partial charge in [0.05, 0.1) is 32.1 Å². The first-order chi connectivity index (χ1) is 10.6. The lowest BCUT2D eigenvalue weighted by atomic mass is 10.1. The first kappa shape index (κ1) is 14.1. The van der Waals surface area contributed by atoms with Crippen molar-refractivity contribution in [3.63, 3.8) is 0 Å². The normalized spacial score (nSPS) is 10.9. The van der Waals surface area contributed by atoms with Gasteiger partial charge in [-0.15, -0.1) is 0 Å². The second-order valence-corrected chi connectivity index (χ2v) is 4.65. The molecule has 6 heteroatoms. The SMILES string of the molecule is COc1cc2c(=O)c3cc(OC)c(OC)cc3oc2cc1O. The first-order valence-corrected chi connectivity index (χ1v) is 6.48. The molecule has 0 spiro atoms. The zero-order chi connectivity index (χ0) is 15.9. The maximum atomic E-state index is 12.6. The van der Waals surface area contributed by atoms with Gasteiger partial charge >= 0.3 is 0 Å². The largest absolute Gasteiger partial charge is 0.504 e. The van der Waals surface area contributed by atoms with E-state index in [-0.39, 0.29) is 22.5 Å². The van der Waals surface area contributed by atoms with E-state index < -0.39 is 0 Å². The van der Waals surface area contributed by atoms with Crippen molar-refractivity contribution < 1.29 is 23.7 Å². The zero-order valence-electron chi connectivity index (χ0n) is 12.3. The van der Waals surface area contributed by atoms with Crippen LogP contribution in [-0.2, 0) is 0 Å². The molecule has 0 aliphatic rings. The number of methoxy groups -OCH3 is 3. The van der Waals surface area contributed by atoms with Gasteiger partial charge in [0.1, 0.15) is 11.2 Å². The number of ether oxygens (including phenoxy) is 3. The summed E-state index contributed by atoms with van der Waals surface area (Å²) in [5, 5.41) is 10.5. The molecular formula is C16H14O6. The molecule has 2 aromatic carbocycles. The van der Waals surface area contributed by atoms with E-state index in [1.54, 1.807) is 12.1 Å². The minimum Gasteiger partial charge on any atom is -0.504 e. The van der Waals surface area contributed by atoms with Crippen LogP contribution in [0.15, 0.2) is 33.5 Å². The Labute approximate surface area is 125 Å². The summed E-state index contributed by atoms with van der Waals surface area (Å²) < 4.78 is 21.1. The molecule has 0 atom stereocenters. The average Bonchev–Trinajstić information content (AvgIpc) is 2.53. The van der Waals surface area contributed by atoms with Crippen LogP contribution in [0.3, 0.4) is 0 Å². The molecule has 1 heterocycles. The van der Waals surface area contributed by atoms with Crippen molar-refractivity contribution in [3.05, 3.63) is 34.5 Å². The standard InChI is InChI=1S/C16H14O6/c1-19-13-4-8-11(6-10(13)17)22-12-7-15(21-3)14(20-2)5-9(12)16(8)18/h4-7,17H,1-3H3. The van der Waals surface area contributed by atoms with Gasteiger partial charge in [-0.05, 0) is 12.1 Å². The Morgan fingerprint density at radius 3 is 1.91 bits per heavy atom. The maximum Gasteiger partial charge on any atom is 0.200 e. The van der Waals surface area contributed by atoms with Gasteiger partial charge in [0.2, 0.25) is 5.43 Å². The van der Waals surface area contributed by atoms with Crippen molar-refractivity contribution in [1.29, 1.82) is 0 Å². The van der Waals surface area contributed by atoms with E-state index in [1.165, 1.54) is 33.5 Å². The Balaban J connectivity index is 2.44. The molecule has 1 N–H and O–H groups in total. The Kier molecular flexibility index (Phi) is 3.29. The van der Waals surface area contributed by atoms with E-state index in [0.29, 0.717) is 27.9 Å². The van der Waals surface area contributed by atoms with Crippen LogP contribution >= 0.6 is 0 Å². The van der Waals surface area contributed by atoms with E-state index >= 15 is 0 Å². The molecule has 0 saturated heterocycles. The molecule has 0 aliphatic heterocycles. The molecule has 0 fully saturated rings. The Hall–Kier alpha value is -2.89. The fraction of sp³-hybridized carbons (Fsp3) is 0.188. The van der Waals surface area contributed by atoms with Crippen LogP contribution in [0.1, 0.15) is 0 Å². The highest BCUT2D eigenvalue weighted by Crippen LogP contribution is 2.35. The smallest absolute Gasteiger partial charge is 0.200 e. The quantitative estimate of drug-likeness (QED) is 0.749. The monoisotopic (exact) mass is 302 g/mol. The van der Waals surface area contributed by atoms with Gasteiger partial charge in [0, 0.05) is 12.1 Å². The summed E-state index contributed by atoms with van der Waals surface area (Å²) in [5.41, 5.74) is 0.373. The molecule has 3 rings (SSSR count). The predicted octanol–water partition coefficient (Wildman–Crippen LogP) is 2.68. The average molecular weight is 302 g/mol. The van der Waals surface area contributed by atoms with Crippen LogP contribution in [0.2, 0.25) is 0 Å². The van der Waals surface area contributed by atoms with Gasteiger partial charge in [0.15, 0.2) is 23.0 Å². The number of hydrogen-bond acceptors (Lipinski definition) is 6. The van der Waals surface area contributed by atoms with Crippen LogP contribution in [0, 0.1) is 0 Å². The van der Waals surface area contributed by atoms with Gasteiger partial charge in [-0.1, -0.05) is 0 Å². The molecule has 3 aromatic rings. The number of fused-ring (bicyclic) bond motifs is 2. The summed E-state index contributed by atoms with van der Waals surface area (Å²) >= 11 is 0. The van der Waals surface area contributed by atoms with E-state index in [0.717, 1.165) is 0 Å². The molecule has 0 aliphatic carbocycles. The Morgan fingerprint density at radius 1 is 0.818 bits per heavy atom. The fourth-order valence-corrected chi connectivity index (χ4v) is 2.36. The number of hydrogen-bond donors (Lipinski definition) is 1. The lowest BCUT2D eigenvalue weighted by Crippen LogP contribution is -2.03. The molecule has 0 saturated carbocycles. The predicted molar refractivity (Wildman–Crippen MR) is 81.3 cm³/mol. The molecular weight excluding hydrogens is 288 g/mol.